The van der Waals surface area contributed by atoms with Crippen LogP contribution in [0.4, 0.5) is 0 Å². The van der Waals surface area contributed by atoms with Crippen LogP contribution in [0.5, 0.6) is 0 Å². The molecule has 0 aliphatic heterocycles. The minimum atomic E-state index is 0.165. The van der Waals surface area contributed by atoms with Crippen LogP contribution in [-0.4, -0.2) is 17.2 Å². The Bertz CT molecular complexity index is 642. The number of ketones is 1. The van der Waals surface area contributed by atoms with E-state index in [0.29, 0.717) is 25.9 Å². The van der Waals surface area contributed by atoms with Crippen LogP contribution < -0.4 is 0 Å². The number of rotatable bonds is 8. The van der Waals surface area contributed by atoms with Gasteiger partial charge in [0.15, 0.2) is 0 Å². The summed E-state index contributed by atoms with van der Waals surface area (Å²) in [7, 11) is 0. The molecular weight excluding hydrogens is 296 g/mol. The lowest BCUT2D eigenvalue weighted by Gasteiger charge is -2.03. The monoisotopic (exact) mass is 320 g/mol. The molecule has 0 aromatic heterocycles. The third-order valence-corrected chi connectivity index (χ3v) is 3.65. The summed E-state index contributed by atoms with van der Waals surface area (Å²) in [5, 5.41) is 0. The van der Waals surface area contributed by atoms with Crippen molar-refractivity contribution >= 4 is 17.2 Å². The zero-order valence-electron chi connectivity index (χ0n) is 14.4. The topological polar surface area (TPSA) is 41.8 Å². The van der Waals surface area contributed by atoms with Crippen LogP contribution in [0.3, 0.4) is 0 Å². The lowest BCUT2D eigenvalue weighted by atomic mass is 10.1. The first kappa shape index (κ1) is 17.8. The molecule has 0 amide bonds. The number of hydrogen-bond acceptors (Lipinski definition) is 3. The molecule has 3 nitrogen and oxygen atoms in total. The number of carbonyl (C=O) groups excluding carboxylic acids is 1. The van der Waals surface area contributed by atoms with Crippen LogP contribution in [0.1, 0.15) is 37.8 Å². The summed E-state index contributed by atoms with van der Waals surface area (Å²) in [5.74, 6) is 0.165. The van der Waals surface area contributed by atoms with Gasteiger partial charge in [-0.2, -0.15) is 0 Å². The average molecular weight is 320 g/mol. The maximum Gasteiger partial charge on any atom is 0.144 e. The summed E-state index contributed by atoms with van der Waals surface area (Å²) in [6, 6.07) is 20.1. The van der Waals surface area contributed by atoms with E-state index in [1.807, 2.05) is 74.5 Å². The maximum atomic E-state index is 12.1. The molecule has 0 saturated carbocycles. The number of aliphatic imine (C=N–C) groups is 2. The zero-order chi connectivity index (χ0) is 17.2. The normalized spacial score (nSPS) is 12.2. The lowest BCUT2D eigenvalue weighted by Crippen LogP contribution is -2.09. The van der Waals surface area contributed by atoms with Crippen LogP contribution in [-0.2, 0) is 17.9 Å². The molecule has 0 N–H and O–H groups in total. The van der Waals surface area contributed by atoms with Crippen molar-refractivity contribution in [2.75, 3.05) is 0 Å². The van der Waals surface area contributed by atoms with Gasteiger partial charge >= 0.3 is 0 Å². The molecule has 0 fully saturated rings. The largest absolute Gasteiger partial charge is 0.299 e. The van der Waals surface area contributed by atoms with Crippen LogP contribution in [0.15, 0.2) is 70.6 Å². The van der Waals surface area contributed by atoms with E-state index in [1.54, 1.807) is 0 Å². The Morgan fingerprint density at radius 3 is 1.46 bits per heavy atom. The SMILES string of the molecule is CC(CC(=O)CC(C)=NCc1ccccc1)=NCc1ccccc1. The molecule has 124 valence electrons. The first-order valence-corrected chi connectivity index (χ1v) is 8.23. The second-order valence-electron chi connectivity index (χ2n) is 5.97. The Morgan fingerprint density at radius 1 is 0.708 bits per heavy atom. The Morgan fingerprint density at radius 2 is 1.08 bits per heavy atom. The highest BCUT2D eigenvalue weighted by Gasteiger charge is 2.06. The fourth-order valence-corrected chi connectivity index (χ4v) is 2.36. The Hall–Kier alpha value is -2.55. The van der Waals surface area contributed by atoms with Crippen molar-refractivity contribution in [1.29, 1.82) is 0 Å². The minimum absolute atomic E-state index is 0.165. The van der Waals surface area contributed by atoms with Gasteiger partial charge in [-0.1, -0.05) is 60.7 Å². The van der Waals surface area contributed by atoms with Gasteiger partial charge in [0.25, 0.3) is 0 Å². The molecule has 0 spiro atoms. The predicted octanol–water partition coefficient (Wildman–Crippen LogP) is 4.66. The minimum Gasteiger partial charge on any atom is -0.299 e. The zero-order valence-corrected chi connectivity index (χ0v) is 14.4. The fraction of sp³-hybridized carbons (Fsp3) is 0.286. The van der Waals surface area contributed by atoms with E-state index in [4.69, 9.17) is 0 Å². The second-order valence-corrected chi connectivity index (χ2v) is 5.97. The summed E-state index contributed by atoms with van der Waals surface area (Å²) in [4.78, 5) is 21.1. The number of benzene rings is 2. The van der Waals surface area contributed by atoms with E-state index in [1.165, 1.54) is 0 Å². The fourth-order valence-electron chi connectivity index (χ4n) is 2.36. The van der Waals surface area contributed by atoms with Gasteiger partial charge in [-0.3, -0.25) is 14.8 Å². The van der Waals surface area contributed by atoms with E-state index < -0.39 is 0 Å². The molecule has 0 atom stereocenters. The van der Waals surface area contributed by atoms with Gasteiger partial charge in [0, 0.05) is 24.3 Å². The molecule has 0 unspecified atom stereocenters. The number of nitrogens with zero attached hydrogens (tertiary/aromatic N) is 2. The number of hydrogen-bond donors (Lipinski definition) is 0. The smallest absolute Gasteiger partial charge is 0.144 e. The molecule has 3 heteroatoms. The highest BCUT2D eigenvalue weighted by molar-refractivity contribution is 6.08. The molecule has 0 saturated heterocycles. The molecule has 0 bridgehead atoms. The van der Waals surface area contributed by atoms with Crippen molar-refractivity contribution in [1.82, 2.24) is 0 Å². The first-order chi connectivity index (χ1) is 11.6. The van der Waals surface area contributed by atoms with Crippen LogP contribution in [0.25, 0.3) is 0 Å². The van der Waals surface area contributed by atoms with E-state index >= 15 is 0 Å². The highest BCUT2D eigenvalue weighted by Crippen LogP contribution is 2.04. The molecule has 0 heterocycles. The van der Waals surface area contributed by atoms with Crippen molar-refractivity contribution in [3.8, 4) is 0 Å². The maximum absolute atomic E-state index is 12.1. The van der Waals surface area contributed by atoms with Crippen LogP contribution in [0.2, 0.25) is 0 Å². The second kappa shape index (κ2) is 9.56. The molecule has 2 aromatic rings. The third-order valence-electron chi connectivity index (χ3n) is 3.65. The van der Waals surface area contributed by atoms with Crippen molar-refractivity contribution in [3.63, 3.8) is 0 Å². The van der Waals surface area contributed by atoms with E-state index in [9.17, 15) is 4.79 Å². The van der Waals surface area contributed by atoms with Crippen molar-refractivity contribution < 1.29 is 4.79 Å². The summed E-state index contributed by atoms with van der Waals surface area (Å²) in [6.45, 7) is 5.08. The highest BCUT2D eigenvalue weighted by atomic mass is 16.1. The molecule has 2 aromatic carbocycles. The van der Waals surface area contributed by atoms with Gasteiger partial charge in [-0.25, -0.2) is 0 Å². The van der Waals surface area contributed by atoms with Gasteiger partial charge < -0.3 is 0 Å². The summed E-state index contributed by atoms with van der Waals surface area (Å²) in [5.41, 5.74) is 4.06. The van der Waals surface area contributed by atoms with Gasteiger partial charge in [-0.05, 0) is 25.0 Å². The van der Waals surface area contributed by atoms with E-state index in [2.05, 4.69) is 9.98 Å². The van der Waals surface area contributed by atoms with Gasteiger partial charge in [-0.15, -0.1) is 0 Å². The Kier molecular flexibility index (Phi) is 7.09. The van der Waals surface area contributed by atoms with Gasteiger partial charge in [0.05, 0.1) is 13.1 Å². The van der Waals surface area contributed by atoms with E-state index in [0.717, 1.165) is 22.6 Å². The first-order valence-electron chi connectivity index (χ1n) is 8.23. The summed E-state index contributed by atoms with van der Waals surface area (Å²) in [6.07, 6.45) is 0.788. The predicted molar refractivity (Wildman–Crippen MR) is 101 cm³/mol. The Balaban J connectivity index is 1.79. The van der Waals surface area contributed by atoms with Crippen molar-refractivity contribution in [3.05, 3.63) is 71.8 Å². The molecule has 24 heavy (non-hydrogen) atoms. The number of carbonyl (C=O) groups is 1. The van der Waals surface area contributed by atoms with Crippen molar-refractivity contribution in [2.45, 2.75) is 39.8 Å². The van der Waals surface area contributed by atoms with Gasteiger partial charge in [0.1, 0.15) is 5.78 Å². The molecule has 0 aliphatic carbocycles. The molecule has 0 aliphatic rings. The van der Waals surface area contributed by atoms with Crippen LogP contribution in [0, 0.1) is 0 Å². The number of Topliss-reactive ketones (excluding diaryl/α,β-unsaturated/α-hetero) is 1. The summed E-state index contributed by atoms with van der Waals surface area (Å²) >= 11 is 0. The molecule has 0 radical (unpaired) electrons. The van der Waals surface area contributed by atoms with Crippen molar-refractivity contribution in [2.24, 2.45) is 9.98 Å². The molecule has 2 rings (SSSR count). The van der Waals surface area contributed by atoms with Crippen LogP contribution >= 0.6 is 0 Å². The quantitative estimate of drug-likeness (QED) is 0.652. The standard InChI is InChI=1S/C21H24N2O/c1-17(22-15-19-9-5-3-6-10-19)13-21(24)14-18(2)23-16-20-11-7-4-8-12-20/h3-12H,13-16H2,1-2H3. The Labute approximate surface area is 144 Å². The van der Waals surface area contributed by atoms with E-state index in [-0.39, 0.29) is 5.78 Å². The van der Waals surface area contributed by atoms with Gasteiger partial charge in [0.2, 0.25) is 0 Å². The lowest BCUT2D eigenvalue weighted by molar-refractivity contribution is -0.116. The molecular formula is C21H24N2O. The average Bonchev–Trinajstić information content (AvgIpc) is 2.60. The summed E-state index contributed by atoms with van der Waals surface area (Å²) < 4.78 is 0. The third kappa shape index (κ3) is 6.69.